The van der Waals surface area contributed by atoms with Crippen molar-refractivity contribution in [2.75, 3.05) is 13.1 Å². The van der Waals surface area contributed by atoms with Crippen molar-refractivity contribution in [3.05, 3.63) is 38.3 Å². The molecule has 1 aliphatic rings. The van der Waals surface area contributed by atoms with E-state index in [0.29, 0.717) is 23.1 Å². The van der Waals surface area contributed by atoms with Gasteiger partial charge in [-0.3, -0.25) is 14.9 Å². The average molecular weight is 342 g/mol. The summed E-state index contributed by atoms with van der Waals surface area (Å²) < 4.78 is 0.564. The van der Waals surface area contributed by atoms with Gasteiger partial charge in [0.25, 0.3) is 11.6 Å². The maximum Gasteiger partial charge on any atom is 0.270 e. The normalized spacial score (nSPS) is 18.9. The van der Waals surface area contributed by atoms with Crippen molar-refractivity contribution in [2.24, 2.45) is 5.73 Å². The van der Waals surface area contributed by atoms with E-state index in [1.807, 2.05) is 0 Å². The first-order chi connectivity index (χ1) is 9.54. The first-order valence-electron chi connectivity index (χ1n) is 6.49. The van der Waals surface area contributed by atoms with Crippen LogP contribution in [0.4, 0.5) is 5.69 Å². The van der Waals surface area contributed by atoms with Crippen molar-refractivity contribution in [3.63, 3.8) is 0 Å². The van der Waals surface area contributed by atoms with E-state index >= 15 is 0 Å². The number of hydrogen-bond acceptors (Lipinski definition) is 4. The molecular weight excluding hydrogens is 326 g/mol. The summed E-state index contributed by atoms with van der Waals surface area (Å²) in [6.45, 7) is 1.06. The Hall–Kier alpha value is -1.47. The maximum atomic E-state index is 12.6. The molecule has 0 aliphatic carbocycles. The lowest BCUT2D eigenvalue weighted by molar-refractivity contribution is -0.384. The highest BCUT2D eigenvalue weighted by Crippen LogP contribution is 2.26. The van der Waals surface area contributed by atoms with Crippen molar-refractivity contribution in [1.82, 2.24) is 4.90 Å². The van der Waals surface area contributed by atoms with Gasteiger partial charge in [0.05, 0.1) is 10.5 Å². The summed E-state index contributed by atoms with van der Waals surface area (Å²) in [5.74, 6) is -0.198. The van der Waals surface area contributed by atoms with Gasteiger partial charge in [0.1, 0.15) is 0 Å². The molecule has 0 aromatic heterocycles. The summed E-state index contributed by atoms with van der Waals surface area (Å²) in [4.78, 5) is 24.6. The van der Waals surface area contributed by atoms with Gasteiger partial charge in [-0.15, -0.1) is 0 Å². The number of nitro groups is 1. The number of benzene rings is 1. The zero-order valence-corrected chi connectivity index (χ0v) is 12.5. The second-order valence-electron chi connectivity index (χ2n) is 4.81. The molecule has 1 amide bonds. The van der Waals surface area contributed by atoms with Crippen LogP contribution in [-0.4, -0.2) is 34.9 Å². The molecule has 108 valence electrons. The molecule has 1 saturated heterocycles. The molecule has 1 aliphatic heterocycles. The lowest BCUT2D eigenvalue weighted by atomic mass is 10.0. The molecule has 6 nitrogen and oxygen atoms in total. The maximum absolute atomic E-state index is 12.6. The first-order valence-corrected chi connectivity index (χ1v) is 7.29. The van der Waals surface area contributed by atoms with Crippen molar-refractivity contribution < 1.29 is 9.72 Å². The zero-order valence-electron chi connectivity index (χ0n) is 10.9. The minimum absolute atomic E-state index is 0.0161. The highest BCUT2D eigenvalue weighted by molar-refractivity contribution is 9.10. The van der Waals surface area contributed by atoms with E-state index in [1.165, 1.54) is 18.2 Å². The number of amides is 1. The lowest BCUT2D eigenvalue weighted by Gasteiger charge is -2.35. The van der Waals surface area contributed by atoms with Crippen LogP contribution in [0.25, 0.3) is 0 Å². The Labute approximate surface area is 125 Å². The van der Waals surface area contributed by atoms with Crippen molar-refractivity contribution in [3.8, 4) is 0 Å². The zero-order chi connectivity index (χ0) is 14.7. The summed E-state index contributed by atoms with van der Waals surface area (Å²) in [7, 11) is 0. The van der Waals surface area contributed by atoms with Gasteiger partial charge in [-0.2, -0.15) is 0 Å². The monoisotopic (exact) mass is 341 g/mol. The van der Waals surface area contributed by atoms with Gasteiger partial charge in [-0.25, -0.2) is 0 Å². The molecule has 1 aromatic carbocycles. The van der Waals surface area contributed by atoms with Crippen LogP contribution >= 0.6 is 15.9 Å². The Morgan fingerprint density at radius 3 is 2.90 bits per heavy atom. The number of piperidine rings is 1. The molecule has 1 fully saturated rings. The molecule has 0 radical (unpaired) electrons. The quantitative estimate of drug-likeness (QED) is 0.674. The summed E-state index contributed by atoms with van der Waals surface area (Å²) in [6.07, 6.45) is 2.88. The lowest BCUT2D eigenvalue weighted by Crippen LogP contribution is -2.47. The molecule has 1 atom stereocenters. The summed E-state index contributed by atoms with van der Waals surface area (Å²) in [6, 6.07) is 4.24. The molecule has 1 aromatic rings. The number of rotatable bonds is 3. The summed E-state index contributed by atoms with van der Waals surface area (Å²) >= 11 is 3.29. The topological polar surface area (TPSA) is 89.5 Å². The molecular formula is C13H16BrN3O3. The van der Waals surface area contributed by atoms with Crippen molar-refractivity contribution >= 4 is 27.5 Å². The fourth-order valence-corrected chi connectivity index (χ4v) is 2.87. The summed E-state index contributed by atoms with van der Waals surface area (Å²) in [5, 5.41) is 10.8. The van der Waals surface area contributed by atoms with Crippen LogP contribution in [0, 0.1) is 10.1 Å². The average Bonchev–Trinajstić information content (AvgIpc) is 2.46. The number of carbonyl (C=O) groups excluding carboxylic acids is 1. The van der Waals surface area contributed by atoms with E-state index in [4.69, 9.17) is 5.73 Å². The van der Waals surface area contributed by atoms with Crippen molar-refractivity contribution in [1.29, 1.82) is 0 Å². The predicted molar refractivity (Wildman–Crippen MR) is 78.5 cm³/mol. The summed E-state index contributed by atoms with van der Waals surface area (Å²) in [5.41, 5.74) is 5.95. The largest absolute Gasteiger partial charge is 0.334 e. The third kappa shape index (κ3) is 2.99. The third-order valence-corrected chi connectivity index (χ3v) is 4.24. The molecule has 2 N–H and O–H groups in total. The van der Waals surface area contributed by atoms with E-state index in [2.05, 4.69) is 15.9 Å². The number of nitrogens with two attached hydrogens (primary N) is 1. The number of nitrogens with zero attached hydrogens (tertiary/aromatic N) is 2. The van der Waals surface area contributed by atoms with Gasteiger partial charge < -0.3 is 10.6 Å². The van der Waals surface area contributed by atoms with Crippen LogP contribution < -0.4 is 5.73 Å². The second kappa shape index (κ2) is 6.32. The van der Waals surface area contributed by atoms with Gasteiger partial charge in [0.2, 0.25) is 0 Å². The Bertz CT molecular complexity index is 536. The smallest absolute Gasteiger partial charge is 0.270 e. The van der Waals surface area contributed by atoms with Gasteiger partial charge in [0.15, 0.2) is 0 Å². The molecule has 1 heterocycles. The molecule has 0 bridgehead atoms. The molecule has 2 rings (SSSR count). The number of likely N-dealkylation sites (tertiary alicyclic amines) is 1. The van der Waals surface area contributed by atoms with Crippen LogP contribution in [-0.2, 0) is 0 Å². The number of carbonyl (C=O) groups is 1. The van der Waals surface area contributed by atoms with Crippen molar-refractivity contribution in [2.45, 2.75) is 25.3 Å². The van der Waals surface area contributed by atoms with Gasteiger partial charge in [-0.1, -0.05) is 0 Å². The standard InChI is InChI=1S/C13H16BrN3O3/c14-12-5-4-9(17(19)20)7-11(12)13(18)16-6-2-1-3-10(16)8-15/h4-5,7,10H,1-3,6,8,15H2. The molecule has 1 unspecified atom stereocenters. The SMILES string of the molecule is NCC1CCCCN1C(=O)c1cc([N+](=O)[O-])ccc1Br. The Balaban J connectivity index is 2.32. The van der Waals surface area contributed by atoms with E-state index in [0.717, 1.165) is 19.3 Å². The van der Waals surface area contributed by atoms with Crippen LogP contribution in [0.1, 0.15) is 29.6 Å². The minimum Gasteiger partial charge on any atom is -0.334 e. The Morgan fingerprint density at radius 1 is 1.50 bits per heavy atom. The first kappa shape index (κ1) is 14.9. The van der Waals surface area contributed by atoms with Gasteiger partial charge >= 0.3 is 0 Å². The highest BCUT2D eigenvalue weighted by Gasteiger charge is 2.28. The Kier molecular flexibility index (Phi) is 4.72. The van der Waals surface area contributed by atoms with Gasteiger partial charge in [-0.05, 0) is 41.3 Å². The molecule has 0 saturated carbocycles. The number of non-ortho nitro benzene ring substituents is 1. The number of halogens is 1. The molecule has 7 heteroatoms. The predicted octanol–water partition coefficient (Wildman–Crippen LogP) is 2.31. The van der Waals surface area contributed by atoms with E-state index in [9.17, 15) is 14.9 Å². The van der Waals surface area contributed by atoms with E-state index in [-0.39, 0.29) is 17.6 Å². The highest BCUT2D eigenvalue weighted by atomic mass is 79.9. The van der Waals surface area contributed by atoms with Crippen LogP contribution in [0.15, 0.2) is 22.7 Å². The third-order valence-electron chi connectivity index (χ3n) is 3.55. The minimum atomic E-state index is -0.500. The fourth-order valence-electron chi connectivity index (χ4n) is 2.46. The van der Waals surface area contributed by atoms with Crippen LogP contribution in [0.3, 0.4) is 0 Å². The molecule has 0 spiro atoms. The Morgan fingerprint density at radius 2 is 2.25 bits per heavy atom. The second-order valence-corrected chi connectivity index (χ2v) is 5.66. The van der Waals surface area contributed by atoms with Crippen LogP contribution in [0.5, 0.6) is 0 Å². The van der Waals surface area contributed by atoms with Gasteiger partial charge in [0, 0.05) is 35.7 Å². The number of nitro benzene ring substituents is 1. The van der Waals surface area contributed by atoms with E-state index < -0.39 is 4.92 Å². The molecule has 20 heavy (non-hydrogen) atoms. The number of hydrogen-bond donors (Lipinski definition) is 1. The fraction of sp³-hybridized carbons (Fsp3) is 0.462. The van der Waals surface area contributed by atoms with Crippen LogP contribution in [0.2, 0.25) is 0 Å². The van der Waals surface area contributed by atoms with E-state index in [1.54, 1.807) is 4.90 Å².